The molecule has 1 atom stereocenters. The van der Waals surface area contributed by atoms with Gasteiger partial charge in [0.2, 0.25) is 5.75 Å². The molecule has 2 heterocycles. The molecule has 0 fully saturated rings. The van der Waals surface area contributed by atoms with Gasteiger partial charge in [-0.05, 0) is 77.3 Å². The topological polar surface area (TPSA) is 169 Å². The van der Waals surface area contributed by atoms with Gasteiger partial charge < -0.3 is 19.1 Å². The van der Waals surface area contributed by atoms with E-state index in [9.17, 15) is 29.8 Å². The van der Waals surface area contributed by atoms with Crippen molar-refractivity contribution in [2.75, 3.05) is 32.7 Å². The number of ether oxygens (including phenoxy) is 3. The number of methoxy groups -OCH3 is 1. The standard InChI is InChI=1S/C32H28BrN5O9S/c1-6-46-31(40)27-17(2)34-32-36(28(27)19-7-9-20(10-8-19)35(3)4)30(39)26(48-32)15-18-13-22(33)29(25(14-18)45-5)47-24-12-11-21(37(41)42)16-23(24)38(43)44/h7-16,28H,6H2,1-5H3/b26-15-/t28-/m1/s1. The van der Waals surface area contributed by atoms with Gasteiger partial charge in [-0.25, -0.2) is 9.79 Å². The van der Waals surface area contributed by atoms with Gasteiger partial charge in [-0.1, -0.05) is 23.5 Å². The number of carbonyl (C=O) groups is 1. The molecule has 0 amide bonds. The Labute approximate surface area is 285 Å². The average Bonchev–Trinajstić information content (AvgIpc) is 3.34. The van der Waals surface area contributed by atoms with Crippen molar-refractivity contribution in [3.8, 4) is 17.2 Å². The van der Waals surface area contributed by atoms with Gasteiger partial charge in [0, 0.05) is 25.8 Å². The summed E-state index contributed by atoms with van der Waals surface area (Å²) in [5.41, 5.74) is 1.42. The summed E-state index contributed by atoms with van der Waals surface area (Å²) in [5, 5.41) is 22.8. The number of benzene rings is 3. The number of anilines is 1. The van der Waals surface area contributed by atoms with E-state index in [1.165, 1.54) is 11.7 Å². The zero-order valence-corrected chi connectivity index (χ0v) is 28.7. The Hall–Kier alpha value is -5.35. The van der Waals surface area contributed by atoms with E-state index < -0.39 is 33.2 Å². The van der Waals surface area contributed by atoms with Crippen molar-refractivity contribution in [1.82, 2.24) is 4.57 Å². The van der Waals surface area contributed by atoms with E-state index in [1.54, 1.807) is 32.1 Å². The lowest BCUT2D eigenvalue weighted by atomic mass is 9.95. The van der Waals surface area contributed by atoms with Crippen LogP contribution in [0.3, 0.4) is 0 Å². The first-order valence-electron chi connectivity index (χ1n) is 14.3. The molecule has 1 aliphatic heterocycles. The number of hydrogen-bond acceptors (Lipinski definition) is 12. The van der Waals surface area contributed by atoms with Crippen molar-refractivity contribution in [3.63, 3.8) is 0 Å². The fourth-order valence-corrected chi connectivity index (χ4v) is 6.68. The van der Waals surface area contributed by atoms with Crippen LogP contribution in [-0.4, -0.2) is 48.2 Å². The summed E-state index contributed by atoms with van der Waals surface area (Å²) >= 11 is 4.57. The number of halogens is 1. The number of nitro benzene ring substituents is 2. The van der Waals surface area contributed by atoms with Gasteiger partial charge in [0.25, 0.3) is 11.2 Å². The van der Waals surface area contributed by atoms with Crippen molar-refractivity contribution < 1.29 is 28.9 Å². The Bertz CT molecular complexity index is 2170. The Morgan fingerprint density at radius 1 is 1.08 bits per heavy atom. The Morgan fingerprint density at radius 2 is 1.79 bits per heavy atom. The number of fused-ring (bicyclic) bond motifs is 1. The molecule has 16 heteroatoms. The van der Waals surface area contributed by atoms with Crippen LogP contribution in [0.15, 0.2) is 80.1 Å². The predicted octanol–water partition coefficient (Wildman–Crippen LogP) is 5.24. The molecule has 0 saturated carbocycles. The Morgan fingerprint density at radius 3 is 2.40 bits per heavy atom. The zero-order chi connectivity index (χ0) is 34.9. The lowest BCUT2D eigenvalue weighted by Crippen LogP contribution is -2.39. The summed E-state index contributed by atoms with van der Waals surface area (Å²) in [4.78, 5) is 55.5. The van der Waals surface area contributed by atoms with Crippen LogP contribution in [0.25, 0.3) is 6.08 Å². The third-order valence-electron chi connectivity index (χ3n) is 7.35. The van der Waals surface area contributed by atoms with E-state index in [-0.39, 0.29) is 35.0 Å². The summed E-state index contributed by atoms with van der Waals surface area (Å²) in [6.07, 6.45) is 1.63. The number of hydrogen-bond donors (Lipinski definition) is 0. The number of non-ortho nitro benzene ring substituents is 1. The molecule has 48 heavy (non-hydrogen) atoms. The van der Waals surface area contributed by atoms with Crippen molar-refractivity contribution in [2.45, 2.75) is 19.9 Å². The first kappa shape index (κ1) is 34.0. The molecule has 0 bridgehead atoms. The number of rotatable bonds is 10. The summed E-state index contributed by atoms with van der Waals surface area (Å²) < 4.78 is 18.8. The summed E-state index contributed by atoms with van der Waals surface area (Å²) in [6, 6.07) is 13.0. The van der Waals surface area contributed by atoms with E-state index in [0.717, 1.165) is 35.2 Å². The maximum atomic E-state index is 14.1. The number of aromatic nitrogens is 1. The number of esters is 1. The summed E-state index contributed by atoms with van der Waals surface area (Å²) in [5.74, 6) is -0.566. The Balaban J connectivity index is 1.61. The number of carbonyl (C=O) groups excluding carboxylic acids is 1. The van der Waals surface area contributed by atoms with E-state index in [4.69, 9.17) is 14.2 Å². The van der Waals surface area contributed by atoms with Crippen molar-refractivity contribution >= 4 is 56.4 Å². The maximum absolute atomic E-state index is 14.1. The zero-order valence-electron chi connectivity index (χ0n) is 26.3. The highest BCUT2D eigenvalue weighted by Crippen LogP contribution is 2.43. The van der Waals surface area contributed by atoms with Crippen LogP contribution in [-0.2, 0) is 9.53 Å². The highest BCUT2D eigenvalue weighted by atomic mass is 79.9. The smallest absolute Gasteiger partial charge is 0.338 e. The van der Waals surface area contributed by atoms with Crippen molar-refractivity contribution in [1.29, 1.82) is 0 Å². The second kappa shape index (κ2) is 13.8. The second-order valence-electron chi connectivity index (χ2n) is 10.6. The van der Waals surface area contributed by atoms with E-state index in [2.05, 4.69) is 20.9 Å². The van der Waals surface area contributed by atoms with E-state index >= 15 is 0 Å². The molecule has 14 nitrogen and oxygen atoms in total. The molecule has 1 aliphatic rings. The number of thiazole rings is 1. The van der Waals surface area contributed by atoms with E-state index in [0.29, 0.717) is 30.6 Å². The number of nitro groups is 2. The van der Waals surface area contributed by atoms with Gasteiger partial charge in [-0.15, -0.1) is 0 Å². The molecule has 248 valence electrons. The SMILES string of the molecule is CCOC(=O)C1=C(C)N=c2s/c(=C\c3cc(Br)c(Oc4ccc([N+](=O)[O-])cc4[N+](=O)[O-])c(OC)c3)c(=O)n2[C@@H]1c1ccc(N(C)C)cc1. The van der Waals surface area contributed by atoms with Crippen LogP contribution in [0, 0.1) is 20.2 Å². The molecule has 4 aromatic rings. The molecular formula is C32H28BrN5O9S. The third-order valence-corrected chi connectivity index (χ3v) is 8.93. The number of allylic oxidation sites excluding steroid dienone is 1. The van der Waals surface area contributed by atoms with Crippen LogP contribution >= 0.6 is 27.3 Å². The predicted molar refractivity (Wildman–Crippen MR) is 182 cm³/mol. The van der Waals surface area contributed by atoms with Gasteiger partial charge >= 0.3 is 11.7 Å². The van der Waals surface area contributed by atoms with Crippen molar-refractivity contribution in [3.05, 3.63) is 121 Å². The minimum Gasteiger partial charge on any atom is -0.493 e. The molecule has 0 spiro atoms. The maximum Gasteiger partial charge on any atom is 0.338 e. The van der Waals surface area contributed by atoms with Crippen LogP contribution in [0.2, 0.25) is 0 Å². The summed E-state index contributed by atoms with van der Waals surface area (Å²) in [7, 11) is 5.20. The number of nitrogens with zero attached hydrogens (tertiary/aromatic N) is 5. The molecule has 0 radical (unpaired) electrons. The van der Waals surface area contributed by atoms with Gasteiger partial charge in [0.15, 0.2) is 16.3 Å². The van der Waals surface area contributed by atoms with Crippen LogP contribution in [0.1, 0.15) is 31.0 Å². The van der Waals surface area contributed by atoms with Crippen molar-refractivity contribution in [2.24, 2.45) is 4.99 Å². The minimum absolute atomic E-state index is 0.0731. The normalized spacial score (nSPS) is 14.2. The largest absolute Gasteiger partial charge is 0.493 e. The quantitative estimate of drug-likeness (QED) is 0.119. The first-order chi connectivity index (χ1) is 22.8. The van der Waals surface area contributed by atoms with Gasteiger partial charge in [-0.2, -0.15) is 0 Å². The molecule has 0 N–H and O–H groups in total. The van der Waals surface area contributed by atoms with Crippen LogP contribution in [0.4, 0.5) is 17.1 Å². The molecule has 0 unspecified atom stereocenters. The third kappa shape index (κ3) is 6.57. The molecular weight excluding hydrogens is 710 g/mol. The second-order valence-corrected chi connectivity index (χ2v) is 12.5. The van der Waals surface area contributed by atoms with Gasteiger partial charge in [0.05, 0.1) is 55.9 Å². The Kier molecular flexibility index (Phi) is 9.77. The first-order valence-corrected chi connectivity index (χ1v) is 15.9. The monoisotopic (exact) mass is 737 g/mol. The molecule has 5 rings (SSSR count). The minimum atomic E-state index is -0.784. The molecule has 1 aromatic heterocycles. The van der Waals surface area contributed by atoms with Gasteiger partial charge in [-0.3, -0.25) is 29.6 Å². The van der Waals surface area contributed by atoms with Crippen LogP contribution < -0.4 is 29.3 Å². The average molecular weight is 739 g/mol. The van der Waals surface area contributed by atoms with Gasteiger partial charge in [0.1, 0.15) is 0 Å². The lowest BCUT2D eigenvalue weighted by molar-refractivity contribution is -0.394. The highest BCUT2D eigenvalue weighted by molar-refractivity contribution is 9.10. The fourth-order valence-electron chi connectivity index (χ4n) is 5.09. The molecule has 3 aromatic carbocycles. The highest BCUT2D eigenvalue weighted by Gasteiger charge is 2.33. The fraction of sp³-hybridized carbons (Fsp3) is 0.219. The van der Waals surface area contributed by atoms with E-state index in [1.807, 2.05) is 43.3 Å². The molecule has 0 aliphatic carbocycles. The summed E-state index contributed by atoms with van der Waals surface area (Å²) in [6.45, 7) is 3.57. The lowest BCUT2D eigenvalue weighted by Gasteiger charge is -2.25. The molecule has 0 saturated heterocycles. The van der Waals surface area contributed by atoms with Crippen LogP contribution in [0.5, 0.6) is 17.2 Å².